The highest BCUT2D eigenvalue weighted by molar-refractivity contribution is 6.00. The predicted octanol–water partition coefficient (Wildman–Crippen LogP) is 0.0396. The first kappa shape index (κ1) is 18.9. The van der Waals surface area contributed by atoms with Crippen molar-refractivity contribution in [2.75, 3.05) is 18.6 Å². The third kappa shape index (κ3) is 2.75. The highest BCUT2D eigenvalue weighted by atomic mass is 19.1. The van der Waals surface area contributed by atoms with Crippen LogP contribution in [0.5, 0.6) is 5.75 Å². The average Bonchev–Trinajstić information content (AvgIpc) is 3.03. The molecule has 2 aromatic rings. The summed E-state index contributed by atoms with van der Waals surface area (Å²) >= 11 is 0. The fraction of sp³-hybridized carbons (Fsp3) is 0.316. The molecule has 2 unspecified atom stereocenters. The fourth-order valence-electron chi connectivity index (χ4n) is 3.73. The summed E-state index contributed by atoms with van der Waals surface area (Å²) in [5.41, 5.74) is -1.16. The van der Waals surface area contributed by atoms with Crippen molar-refractivity contribution >= 4 is 11.8 Å². The van der Waals surface area contributed by atoms with Crippen LogP contribution in [0, 0.1) is 5.82 Å². The summed E-state index contributed by atoms with van der Waals surface area (Å²) in [7, 11) is 1.52. The Balaban J connectivity index is 1.78. The quantitative estimate of drug-likeness (QED) is 0.668. The maximum atomic E-state index is 13.0. The maximum Gasteiger partial charge on any atom is 0.277 e. The van der Waals surface area contributed by atoms with Crippen LogP contribution in [0.25, 0.3) is 0 Å². The number of halogens is 1. The van der Waals surface area contributed by atoms with Crippen LogP contribution in [-0.2, 0) is 6.54 Å². The highest BCUT2D eigenvalue weighted by Gasteiger charge is 2.45. The van der Waals surface area contributed by atoms with Crippen molar-refractivity contribution in [2.24, 2.45) is 0 Å². The van der Waals surface area contributed by atoms with E-state index in [1.54, 1.807) is 11.9 Å². The van der Waals surface area contributed by atoms with Gasteiger partial charge in [0.1, 0.15) is 23.7 Å². The summed E-state index contributed by atoms with van der Waals surface area (Å²) in [5.74, 6) is -2.65. The van der Waals surface area contributed by atoms with Crippen molar-refractivity contribution in [3.05, 3.63) is 62.8 Å². The van der Waals surface area contributed by atoms with Crippen molar-refractivity contribution in [1.29, 1.82) is 0 Å². The van der Waals surface area contributed by atoms with Crippen LogP contribution in [-0.4, -0.2) is 51.4 Å². The SMILES string of the molecule is CC1N(C)C(=O)c2c(O)c(=O)c(C(=O)NCc3ccc(F)cc3)c3n2N1CC3O. The number of nitrogens with zero attached hydrogens (tertiary/aromatic N) is 3. The number of nitrogens with one attached hydrogen (secondary N) is 1. The number of aliphatic hydroxyl groups excluding tert-OH is 1. The van der Waals surface area contributed by atoms with Crippen molar-refractivity contribution < 1.29 is 24.2 Å². The molecule has 2 amide bonds. The third-order valence-corrected chi connectivity index (χ3v) is 5.40. The van der Waals surface area contributed by atoms with Crippen LogP contribution in [0.1, 0.15) is 45.1 Å². The Bertz CT molecular complexity index is 1080. The molecule has 0 saturated carbocycles. The molecule has 0 radical (unpaired) electrons. The molecular formula is C19H19FN4O5. The molecule has 1 aromatic carbocycles. The van der Waals surface area contributed by atoms with Crippen LogP contribution < -0.4 is 15.8 Å². The van der Waals surface area contributed by atoms with Gasteiger partial charge in [0.25, 0.3) is 11.8 Å². The Morgan fingerprint density at radius 3 is 2.59 bits per heavy atom. The lowest BCUT2D eigenvalue weighted by molar-refractivity contribution is 0.0655. The molecule has 2 atom stereocenters. The number of carbonyl (C=O) groups excluding carboxylic acids is 2. The van der Waals surface area contributed by atoms with E-state index in [4.69, 9.17) is 0 Å². The molecule has 3 N–H and O–H groups in total. The van der Waals surface area contributed by atoms with E-state index in [2.05, 4.69) is 5.32 Å². The molecule has 0 spiro atoms. The second-order valence-electron chi connectivity index (χ2n) is 7.09. The van der Waals surface area contributed by atoms with Gasteiger partial charge in [-0.15, -0.1) is 0 Å². The number of amides is 2. The number of aromatic nitrogens is 1. The molecule has 0 bridgehead atoms. The van der Waals surface area contributed by atoms with Gasteiger partial charge in [-0.05, 0) is 24.6 Å². The summed E-state index contributed by atoms with van der Waals surface area (Å²) in [4.78, 5) is 39.5. The lowest BCUT2D eigenvalue weighted by atomic mass is 10.1. The fourth-order valence-corrected chi connectivity index (χ4v) is 3.73. The molecular weight excluding hydrogens is 383 g/mol. The van der Waals surface area contributed by atoms with Crippen LogP contribution >= 0.6 is 0 Å². The van der Waals surface area contributed by atoms with Gasteiger partial charge in [0.05, 0.1) is 12.2 Å². The van der Waals surface area contributed by atoms with Gasteiger partial charge in [-0.1, -0.05) is 12.1 Å². The van der Waals surface area contributed by atoms with E-state index >= 15 is 0 Å². The van der Waals surface area contributed by atoms with Crippen LogP contribution in [0.4, 0.5) is 4.39 Å². The molecule has 4 rings (SSSR count). The second kappa shape index (κ2) is 6.59. The molecule has 1 aromatic heterocycles. The molecule has 152 valence electrons. The summed E-state index contributed by atoms with van der Waals surface area (Å²) in [6.45, 7) is 1.79. The zero-order valence-electron chi connectivity index (χ0n) is 15.7. The van der Waals surface area contributed by atoms with E-state index in [0.717, 1.165) is 0 Å². The Hall–Kier alpha value is -3.40. The van der Waals surface area contributed by atoms with Gasteiger partial charge in [0, 0.05) is 13.6 Å². The van der Waals surface area contributed by atoms with Gasteiger partial charge in [-0.3, -0.25) is 19.4 Å². The number of aliphatic hydroxyl groups is 1. The molecule has 0 saturated heterocycles. The van der Waals surface area contributed by atoms with Crippen LogP contribution in [0.2, 0.25) is 0 Å². The predicted molar refractivity (Wildman–Crippen MR) is 99.5 cm³/mol. The second-order valence-corrected chi connectivity index (χ2v) is 7.09. The number of rotatable bonds is 3. The van der Waals surface area contributed by atoms with E-state index in [1.165, 1.54) is 40.9 Å². The Labute approximate surface area is 164 Å². The lowest BCUT2D eigenvalue weighted by Crippen LogP contribution is -2.57. The van der Waals surface area contributed by atoms with Crippen LogP contribution in [0.3, 0.4) is 0 Å². The van der Waals surface area contributed by atoms with Crippen molar-refractivity contribution in [3.8, 4) is 5.75 Å². The van der Waals surface area contributed by atoms with Gasteiger partial charge in [0.15, 0.2) is 11.4 Å². The summed E-state index contributed by atoms with van der Waals surface area (Å²) < 4.78 is 14.3. The molecule has 2 aliphatic heterocycles. The molecule has 0 fully saturated rings. The largest absolute Gasteiger partial charge is 0.502 e. The number of aromatic hydroxyl groups is 1. The minimum atomic E-state index is -1.20. The summed E-state index contributed by atoms with van der Waals surface area (Å²) in [5, 5.41) is 25.1. The smallest absolute Gasteiger partial charge is 0.277 e. The van der Waals surface area contributed by atoms with Crippen LogP contribution in [0.15, 0.2) is 29.1 Å². The van der Waals surface area contributed by atoms with E-state index in [-0.39, 0.29) is 24.5 Å². The molecule has 9 nitrogen and oxygen atoms in total. The number of benzene rings is 1. The first-order chi connectivity index (χ1) is 13.7. The Morgan fingerprint density at radius 1 is 1.28 bits per heavy atom. The zero-order valence-corrected chi connectivity index (χ0v) is 15.7. The van der Waals surface area contributed by atoms with E-state index in [0.29, 0.717) is 5.56 Å². The lowest BCUT2D eigenvalue weighted by Gasteiger charge is -2.41. The van der Waals surface area contributed by atoms with E-state index < -0.39 is 46.6 Å². The highest BCUT2D eigenvalue weighted by Crippen LogP contribution is 2.34. The first-order valence-corrected chi connectivity index (χ1v) is 8.99. The average molecular weight is 402 g/mol. The topological polar surface area (TPSA) is 115 Å². The maximum absolute atomic E-state index is 13.0. The molecule has 2 aliphatic rings. The minimum absolute atomic E-state index is 0.0123. The van der Waals surface area contributed by atoms with E-state index in [1.807, 2.05) is 0 Å². The number of hydrogen-bond acceptors (Lipinski definition) is 6. The first-order valence-electron chi connectivity index (χ1n) is 8.99. The Morgan fingerprint density at radius 2 is 1.93 bits per heavy atom. The molecule has 29 heavy (non-hydrogen) atoms. The van der Waals surface area contributed by atoms with Gasteiger partial charge in [-0.25, -0.2) is 9.07 Å². The van der Waals surface area contributed by atoms with Crippen molar-refractivity contribution in [1.82, 2.24) is 14.9 Å². The van der Waals surface area contributed by atoms with Gasteiger partial charge in [-0.2, -0.15) is 0 Å². The normalized spacial score (nSPS) is 20.1. The monoisotopic (exact) mass is 402 g/mol. The molecule has 10 heteroatoms. The zero-order chi connectivity index (χ0) is 21.0. The third-order valence-electron chi connectivity index (χ3n) is 5.40. The molecule has 3 heterocycles. The van der Waals surface area contributed by atoms with E-state index in [9.17, 15) is 29.0 Å². The number of carbonyl (C=O) groups is 2. The Kier molecular flexibility index (Phi) is 4.30. The molecule has 0 aliphatic carbocycles. The number of hydrogen-bond donors (Lipinski definition) is 3. The van der Waals surface area contributed by atoms with Gasteiger partial charge < -0.3 is 20.4 Å². The van der Waals surface area contributed by atoms with Crippen molar-refractivity contribution in [3.63, 3.8) is 0 Å². The summed E-state index contributed by atoms with van der Waals surface area (Å²) in [6, 6.07) is 5.45. The van der Waals surface area contributed by atoms with Gasteiger partial charge in [0.2, 0.25) is 5.43 Å². The van der Waals surface area contributed by atoms with Gasteiger partial charge >= 0.3 is 0 Å². The van der Waals surface area contributed by atoms with Crippen molar-refractivity contribution in [2.45, 2.75) is 25.7 Å². The minimum Gasteiger partial charge on any atom is -0.502 e. The number of pyridine rings is 1. The standard InChI is InChI=1S/C19H19FN4O5/c1-9-22(2)19(29)15-17(27)16(26)13(14-12(25)8-23(9)24(14)15)18(28)21-7-10-3-5-11(20)6-4-10/h3-6,9,12,25,27H,7-8H2,1-2H3,(H,21,28). The summed E-state index contributed by atoms with van der Waals surface area (Å²) in [6.07, 6.45) is -1.65.